The number of hydrogen-bond donors (Lipinski definition) is 0. The van der Waals surface area contributed by atoms with Gasteiger partial charge in [0.1, 0.15) is 0 Å². The van der Waals surface area contributed by atoms with Crippen molar-refractivity contribution in [2.45, 2.75) is 45.8 Å². The fraction of sp³-hybridized carbons (Fsp3) is 0.146. The molecule has 4 heterocycles. The summed E-state index contributed by atoms with van der Waals surface area (Å²) in [6.07, 6.45) is 3.80. The molecule has 0 fully saturated rings. The molecule has 0 N–H and O–H groups in total. The number of aromatic nitrogens is 3. The van der Waals surface area contributed by atoms with Gasteiger partial charge < -0.3 is 14.4 Å². The summed E-state index contributed by atoms with van der Waals surface area (Å²) in [6.45, 7) is 9.24. The van der Waals surface area contributed by atoms with Gasteiger partial charge in [0.2, 0.25) is 5.71 Å². The van der Waals surface area contributed by atoms with Crippen molar-refractivity contribution in [1.29, 1.82) is 0 Å². The molecule has 0 saturated heterocycles. The Labute approximate surface area is 335 Å². The van der Waals surface area contributed by atoms with Gasteiger partial charge in [-0.25, -0.2) is 4.98 Å². The molecule has 4 nitrogen and oxygen atoms in total. The van der Waals surface area contributed by atoms with E-state index in [0.717, 1.165) is 55.2 Å². The molecule has 0 saturated carbocycles. The van der Waals surface area contributed by atoms with E-state index in [-0.39, 0.29) is 25.5 Å². The van der Waals surface area contributed by atoms with Gasteiger partial charge in [-0.05, 0) is 45.2 Å². The van der Waals surface area contributed by atoms with Crippen LogP contribution in [0.3, 0.4) is 0 Å². The Hall–Kier alpha value is -5.26. The number of hydrogen-bond acceptors (Lipinski definition) is 4. The molecule has 5 aromatic carbocycles. The monoisotopic (exact) mass is 899 g/mol. The summed E-state index contributed by atoms with van der Waals surface area (Å²) < 4.78 is 28.5. The van der Waals surface area contributed by atoms with Crippen molar-refractivity contribution in [3.8, 4) is 22.5 Å². The van der Waals surface area contributed by atoms with Gasteiger partial charge in [-0.1, -0.05) is 136 Å². The first-order valence-corrected chi connectivity index (χ1v) is 21.3. The zero-order valence-corrected chi connectivity index (χ0v) is 34.3. The van der Waals surface area contributed by atoms with Crippen LogP contribution in [-0.2, 0) is 25.5 Å². The van der Waals surface area contributed by atoms with E-state index in [4.69, 9.17) is 18.5 Å². The van der Waals surface area contributed by atoms with Gasteiger partial charge >= 0.3 is 0 Å². The van der Waals surface area contributed by atoms with Crippen molar-refractivity contribution in [1.82, 2.24) is 15.0 Å². The predicted molar refractivity (Wildman–Crippen MR) is 223 cm³/mol. The van der Waals surface area contributed by atoms with Crippen LogP contribution in [0.2, 0.25) is 19.6 Å². The number of nitrogens with zero attached hydrogens (tertiary/aromatic N) is 3. The molecule has 1 radical (unpaired) electrons. The largest absolute Gasteiger partial charge is 0.486 e. The molecular weight excluding hydrogens is 855 g/mol. The molecule has 0 aliphatic carbocycles. The molecule has 6 heteroatoms. The van der Waals surface area contributed by atoms with Crippen molar-refractivity contribution in [2.75, 3.05) is 0 Å². The topological polar surface area (TPSA) is 51.8 Å². The smallest absolute Gasteiger partial charge is 0.216 e. The molecule has 4 aromatic heterocycles. The molecule has 9 rings (SSSR count). The third kappa shape index (κ3) is 7.17. The Balaban J connectivity index is 0.000000202. The van der Waals surface area contributed by atoms with Gasteiger partial charge in [0.25, 0.3) is 0 Å². The van der Waals surface area contributed by atoms with Crippen LogP contribution in [0.1, 0.15) is 34.7 Å². The van der Waals surface area contributed by atoms with Gasteiger partial charge in [0.15, 0.2) is 0 Å². The van der Waals surface area contributed by atoms with Gasteiger partial charge in [0.05, 0.1) is 19.2 Å². The van der Waals surface area contributed by atoms with Crippen molar-refractivity contribution in [3.05, 3.63) is 169 Å². The first-order chi connectivity index (χ1) is 26.8. The number of benzene rings is 5. The van der Waals surface area contributed by atoms with E-state index in [1.54, 1.807) is 12.1 Å². The Morgan fingerprint density at radius 3 is 2.24 bits per heavy atom. The van der Waals surface area contributed by atoms with Crippen LogP contribution in [0.5, 0.6) is 0 Å². The quantitative estimate of drug-likeness (QED) is 0.0981. The van der Waals surface area contributed by atoms with Crippen LogP contribution in [0, 0.1) is 19.0 Å². The number of aryl methyl sites for hydroxylation is 1. The van der Waals surface area contributed by atoms with Crippen LogP contribution in [-0.4, -0.2) is 23.0 Å². The first-order valence-electron chi connectivity index (χ1n) is 19.3. The minimum atomic E-state index is -2.08. The molecule has 9 aromatic rings. The second-order valence-corrected chi connectivity index (χ2v) is 20.1. The average Bonchev–Trinajstić information content (AvgIpc) is 3.58. The van der Waals surface area contributed by atoms with E-state index in [1.807, 2.05) is 24.5 Å². The second kappa shape index (κ2) is 14.9. The van der Waals surface area contributed by atoms with E-state index in [9.17, 15) is 0 Å². The summed E-state index contributed by atoms with van der Waals surface area (Å²) in [7, 11) is -1.34. The van der Waals surface area contributed by atoms with E-state index >= 15 is 0 Å². The molecule has 0 atom stereocenters. The number of fused-ring (bicyclic) bond motifs is 6. The predicted octanol–water partition coefficient (Wildman–Crippen LogP) is 11.9. The molecule has 0 spiro atoms. The Bertz CT molecular complexity index is 2790. The SMILES string of the molecule is CC(C)(c1ccccc1)c1ccnc(-c2[c-]ccc3c2oc2nc4c(ccc5ccccc54)cc23)c1.[2H]C([2H])([2H])c1c[c-]c(-c2ccc([Si](C)(C)C)cn2)cc1.[Ir]. The number of furan rings is 1. The third-order valence-corrected chi connectivity index (χ3v) is 12.1. The fourth-order valence-electron chi connectivity index (χ4n) is 6.81. The Morgan fingerprint density at radius 2 is 1.50 bits per heavy atom. The van der Waals surface area contributed by atoms with E-state index in [1.165, 1.54) is 27.8 Å². The molecule has 54 heavy (non-hydrogen) atoms. The zero-order chi connectivity index (χ0) is 39.2. The Kier molecular flexibility index (Phi) is 9.17. The Morgan fingerprint density at radius 1 is 0.704 bits per heavy atom. The standard InChI is InChI=1S/C33H23N2O.C15H18NSi.Ir/c1-33(2,23-10-4-3-5-11-23)24-17-18-34-29(20-24)27-14-8-13-26-28-19-22-16-15-21-9-6-7-12-25(21)30(22)35-32(28)36-31(26)27;1-12-5-7-13(8-6-12)15-10-9-14(11-16-15)17(2,3)4;/h3-13,15-20H,1-2H3;5-7,9-11H,1-4H3;/q2*-1;/i;1D3;. The second-order valence-electron chi connectivity index (χ2n) is 15.0. The molecule has 0 aliphatic heterocycles. The molecule has 0 bridgehead atoms. The molecule has 0 aliphatic rings. The summed E-state index contributed by atoms with van der Waals surface area (Å²) in [4.78, 5) is 14.2. The first kappa shape index (κ1) is 33.3. The molecule has 269 valence electrons. The average molecular weight is 899 g/mol. The van der Waals surface area contributed by atoms with Crippen LogP contribution in [0.15, 0.2) is 144 Å². The van der Waals surface area contributed by atoms with E-state index in [2.05, 4.69) is 148 Å². The summed E-state index contributed by atoms with van der Waals surface area (Å²) in [5.41, 5.74) is 8.28. The number of rotatable bonds is 5. The van der Waals surface area contributed by atoms with Crippen LogP contribution >= 0.6 is 0 Å². The number of pyridine rings is 3. The minimum Gasteiger partial charge on any atom is -0.486 e. The summed E-state index contributed by atoms with van der Waals surface area (Å²) in [5, 5.41) is 6.73. The summed E-state index contributed by atoms with van der Waals surface area (Å²) in [5.74, 6) is 0. The van der Waals surface area contributed by atoms with Crippen molar-refractivity contribution < 1.29 is 28.6 Å². The van der Waals surface area contributed by atoms with Crippen molar-refractivity contribution >= 4 is 57.0 Å². The maximum absolute atomic E-state index is 7.35. The van der Waals surface area contributed by atoms with Gasteiger partial charge in [-0.15, -0.1) is 53.6 Å². The van der Waals surface area contributed by atoms with Crippen LogP contribution in [0.25, 0.3) is 66.3 Å². The minimum absolute atomic E-state index is 0. The van der Waals surface area contributed by atoms with Crippen LogP contribution < -0.4 is 5.19 Å². The van der Waals surface area contributed by atoms with E-state index < -0.39 is 14.9 Å². The van der Waals surface area contributed by atoms with E-state index in [0.29, 0.717) is 11.3 Å². The molecule has 0 unspecified atom stereocenters. The maximum atomic E-state index is 7.35. The van der Waals surface area contributed by atoms with Crippen molar-refractivity contribution in [2.24, 2.45) is 0 Å². The molecule has 0 amide bonds. The fourth-order valence-corrected chi connectivity index (χ4v) is 7.85. The van der Waals surface area contributed by atoms with Gasteiger partial charge in [-0.3, -0.25) is 0 Å². The maximum Gasteiger partial charge on any atom is 0.216 e. The third-order valence-electron chi connectivity index (χ3n) is 10.1. The zero-order valence-electron chi connectivity index (χ0n) is 33.9. The summed E-state index contributed by atoms with van der Waals surface area (Å²) >= 11 is 0. The normalized spacial score (nSPS) is 12.8. The molecular formula is C48H41IrN3OSi-2. The van der Waals surface area contributed by atoms with Gasteiger partial charge in [-0.2, -0.15) is 0 Å². The van der Waals surface area contributed by atoms with Crippen LogP contribution in [0.4, 0.5) is 0 Å². The summed E-state index contributed by atoms with van der Waals surface area (Å²) in [6, 6.07) is 49.0. The van der Waals surface area contributed by atoms with Gasteiger partial charge in [0, 0.05) is 58.2 Å². The van der Waals surface area contributed by atoms with Crippen molar-refractivity contribution in [3.63, 3.8) is 0 Å².